The van der Waals surface area contributed by atoms with E-state index in [1.165, 1.54) is 22.4 Å². The van der Waals surface area contributed by atoms with Crippen LogP contribution in [-0.2, 0) is 18.4 Å². The lowest BCUT2D eigenvalue weighted by molar-refractivity contribution is 0.365. The van der Waals surface area contributed by atoms with E-state index in [2.05, 4.69) is 29.6 Å². The van der Waals surface area contributed by atoms with Gasteiger partial charge in [0.1, 0.15) is 5.75 Å². The molecule has 19 heavy (non-hydrogen) atoms. The minimum Gasteiger partial charge on any atom is -0.497 e. The number of ether oxygens (including phenoxy) is 1. The van der Waals surface area contributed by atoms with Crippen LogP contribution in [-0.4, -0.2) is 7.11 Å². The third kappa shape index (κ3) is 2.40. The van der Waals surface area contributed by atoms with Crippen molar-refractivity contribution in [1.82, 2.24) is 0 Å². The topological polar surface area (TPSA) is 35.2 Å². The summed E-state index contributed by atoms with van der Waals surface area (Å²) in [6.45, 7) is 0. The fourth-order valence-electron chi connectivity index (χ4n) is 3.00. The molecule has 1 aliphatic carbocycles. The molecule has 1 atom stereocenters. The number of aryl methyl sites for hydroxylation is 1. The molecule has 100 valence electrons. The van der Waals surface area contributed by atoms with Crippen molar-refractivity contribution in [2.75, 3.05) is 7.11 Å². The molecule has 1 heterocycles. The zero-order valence-corrected chi connectivity index (χ0v) is 12.0. The third-order valence-corrected chi connectivity index (χ3v) is 4.87. The molecule has 1 aromatic carbocycles. The molecular weight excluding hydrogens is 254 g/mol. The quantitative estimate of drug-likeness (QED) is 0.929. The van der Waals surface area contributed by atoms with Gasteiger partial charge < -0.3 is 10.5 Å². The molecule has 0 spiro atoms. The molecule has 2 aromatic rings. The van der Waals surface area contributed by atoms with Crippen molar-refractivity contribution >= 4 is 11.3 Å². The van der Waals surface area contributed by atoms with E-state index in [1.54, 1.807) is 18.4 Å². The van der Waals surface area contributed by atoms with Gasteiger partial charge in [0.25, 0.3) is 0 Å². The summed E-state index contributed by atoms with van der Waals surface area (Å²) in [5.74, 6) is 0.904. The van der Waals surface area contributed by atoms with Gasteiger partial charge in [0, 0.05) is 16.8 Å². The number of thiophene rings is 1. The molecule has 3 heteroatoms. The van der Waals surface area contributed by atoms with Gasteiger partial charge in [-0.15, -0.1) is 11.3 Å². The van der Waals surface area contributed by atoms with Crippen molar-refractivity contribution in [3.63, 3.8) is 0 Å². The first-order valence-corrected chi connectivity index (χ1v) is 7.58. The van der Waals surface area contributed by atoms with Crippen LogP contribution in [0.3, 0.4) is 0 Å². The molecule has 0 bridgehead atoms. The molecule has 0 amide bonds. The van der Waals surface area contributed by atoms with Crippen LogP contribution in [0.25, 0.3) is 0 Å². The molecule has 0 aliphatic heterocycles. The van der Waals surface area contributed by atoms with Gasteiger partial charge in [-0.25, -0.2) is 0 Å². The zero-order chi connectivity index (χ0) is 13.3. The Morgan fingerprint density at radius 2 is 2.26 bits per heavy atom. The Bertz CT molecular complexity index is 564. The van der Waals surface area contributed by atoms with Gasteiger partial charge in [-0.1, -0.05) is 12.1 Å². The highest BCUT2D eigenvalue weighted by molar-refractivity contribution is 7.09. The van der Waals surface area contributed by atoms with Crippen molar-refractivity contribution in [3.8, 4) is 5.75 Å². The predicted molar refractivity (Wildman–Crippen MR) is 79.8 cm³/mol. The summed E-state index contributed by atoms with van der Waals surface area (Å²) in [4.78, 5) is 1.36. The molecule has 0 radical (unpaired) electrons. The molecule has 0 fully saturated rings. The molecule has 2 N–H and O–H groups in total. The number of rotatable bonds is 3. The van der Waals surface area contributed by atoms with Crippen LogP contribution < -0.4 is 10.5 Å². The van der Waals surface area contributed by atoms with Crippen LogP contribution in [0.2, 0.25) is 0 Å². The lowest BCUT2D eigenvalue weighted by atomic mass is 9.75. The Balaban J connectivity index is 2.00. The van der Waals surface area contributed by atoms with Gasteiger partial charge in [-0.05, 0) is 54.0 Å². The predicted octanol–water partition coefficient (Wildman–Crippen LogP) is 3.49. The van der Waals surface area contributed by atoms with E-state index < -0.39 is 0 Å². The van der Waals surface area contributed by atoms with Gasteiger partial charge in [0.2, 0.25) is 0 Å². The smallest absolute Gasteiger partial charge is 0.119 e. The molecule has 1 aromatic heterocycles. The summed E-state index contributed by atoms with van der Waals surface area (Å²) in [7, 11) is 1.71. The summed E-state index contributed by atoms with van der Waals surface area (Å²) in [5.41, 5.74) is 9.14. The third-order valence-electron chi connectivity index (χ3n) is 3.99. The number of benzene rings is 1. The highest BCUT2D eigenvalue weighted by atomic mass is 32.1. The maximum absolute atomic E-state index is 6.74. The van der Waals surface area contributed by atoms with Gasteiger partial charge in [0.05, 0.1) is 7.11 Å². The standard InChI is InChI=1S/C16H19NOS/c1-18-13-7-6-12-4-2-8-16(17,15(12)10-13)11-14-5-3-9-19-14/h3,5-7,9-10H,2,4,8,11,17H2,1H3. The minimum atomic E-state index is -0.243. The Morgan fingerprint density at radius 3 is 3.00 bits per heavy atom. The van der Waals surface area contributed by atoms with E-state index in [4.69, 9.17) is 10.5 Å². The molecule has 3 rings (SSSR count). The number of methoxy groups -OCH3 is 1. The number of fused-ring (bicyclic) bond motifs is 1. The van der Waals surface area contributed by atoms with Gasteiger partial charge in [-0.3, -0.25) is 0 Å². The molecule has 1 aliphatic rings. The average Bonchev–Trinajstić information content (AvgIpc) is 2.91. The van der Waals surface area contributed by atoms with E-state index in [9.17, 15) is 0 Å². The van der Waals surface area contributed by atoms with Crippen molar-refractivity contribution in [3.05, 3.63) is 51.7 Å². The average molecular weight is 273 g/mol. The fraction of sp³-hybridized carbons (Fsp3) is 0.375. The lowest BCUT2D eigenvalue weighted by Crippen LogP contribution is -2.42. The van der Waals surface area contributed by atoms with Crippen molar-refractivity contribution in [2.45, 2.75) is 31.2 Å². The van der Waals surface area contributed by atoms with Crippen LogP contribution in [0.5, 0.6) is 5.75 Å². The van der Waals surface area contributed by atoms with Crippen molar-refractivity contribution < 1.29 is 4.74 Å². The summed E-state index contributed by atoms with van der Waals surface area (Å²) < 4.78 is 5.36. The second-order valence-corrected chi connectivity index (χ2v) is 6.32. The summed E-state index contributed by atoms with van der Waals surface area (Å²) in [5, 5.41) is 2.12. The van der Waals surface area contributed by atoms with Gasteiger partial charge >= 0.3 is 0 Å². The van der Waals surface area contributed by atoms with Crippen LogP contribution >= 0.6 is 11.3 Å². The first kappa shape index (κ1) is 12.7. The maximum Gasteiger partial charge on any atom is 0.119 e. The molecular formula is C16H19NOS. The lowest BCUT2D eigenvalue weighted by Gasteiger charge is -2.36. The SMILES string of the molecule is COc1ccc2c(c1)C(N)(Cc1cccs1)CCC2. The van der Waals surface area contributed by atoms with E-state index in [0.29, 0.717) is 0 Å². The Hall–Kier alpha value is -1.32. The zero-order valence-electron chi connectivity index (χ0n) is 11.2. The Labute approximate surface area is 118 Å². The van der Waals surface area contributed by atoms with E-state index in [1.807, 2.05) is 6.07 Å². The van der Waals surface area contributed by atoms with E-state index in [-0.39, 0.29) is 5.54 Å². The van der Waals surface area contributed by atoms with Crippen LogP contribution in [0.1, 0.15) is 28.8 Å². The molecule has 0 saturated carbocycles. The van der Waals surface area contributed by atoms with Crippen LogP contribution in [0.15, 0.2) is 35.7 Å². The minimum absolute atomic E-state index is 0.243. The van der Waals surface area contributed by atoms with Gasteiger partial charge in [0.15, 0.2) is 0 Å². The molecule has 2 nitrogen and oxygen atoms in total. The first-order valence-electron chi connectivity index (χ1n) is 6.70. The number of hydrogen-bond acceptors (Lipinski definition) is 3. The van der Waals surface area contributed by atoms with Gasteiger partial charge in [-0.2, -0.15) is 0 Å². The van der Waals surface area contributed by atoms with Crippen molar-refractivity contribution in [2.24, 2.45) is 5.73 Å². The molecule has 0 saturated heterocycles. The number of nitrogens with two attached hydrogens (primary N) is 1. The fourth-order valence-corrected chi connectivity index (χ4v) is 3.83. The summed E-state index contributed by atoms with van der Waals surface area (Å²) in [6, 6.07) is 10.6. The van der Waals surface area contributed by atoms with Crippen LogP contribution in [0, 0.1) is 0 Å². The molecule has 1 unspecified atom stereocenters. The maximum atomic E-state index is 6.74. The highest BCUT2D eigenvalue weighted by Crippen LogP contribution is 2.38. The highest BCUT2D eigenvalue weighted by Gasteiger charge is 2.33. The Kier molecular flexibility index (Phi) is 3.33. The van der Waals surface area contributed by atoms with Crippen LogP contribution in [0.4, 0.5) is 0 Å². The second-order valence-electron chi connectivity index (χ2n) is 5.29. The van der Waals surface area contributed by atoms with Crippen molar-refractivity contribution in [1.29, 1.82) is 0 Å². The largest absolute Gasteiger partial charge is 0.497 e. The Morgan fingerprint density at radius 1 is 1.37 bits per heavy atom. The van der Waals surface area contributed by atoms with E-state index >= 15 is 0 Å². The summed E-state index contributed by atoms with van der Waals surface area (Å²) >= 11 is 1.79. The second kappa shape index (κ2) is 4.99. The normalized spacial score (nSPS) is 22.0. The van der Waals surface area contributed by atoms with E-state index in [0.717, 1.165) is 25.0 Å². The summed E-state index contributed by atoms with van der Waals surface area (Å²) in [6.07, 6.45) is 4.26. The number of hydrogen-bond donors (Lipinski definition) is 1. The monoisotopic (exact) mass is 273 g/mol. The first-order chi connectivity index (χ1) is 9.21.